The summed E-state index contributed by atoms with van der Waals surface area (Å²) in [4.78, 5) is 41.3. The third-order valence-corrected chi connectivity index (χ3v) is 4.45. The highest BCUT2D eigenvalue weighted by Gasteiger charge is 2.23. The number of aromatic nitrogens is 2. The fourth-order valence-electron chi connectivity index (χ4n) is 3.10. The van der Waals surface area contributed by atoms with Crippen LogP contribution in [0.1, 0.15) is 28.0 Å². The van der Waals surface area contributed by atoms with E-state index in [0.717, 1.165) is 32.1 Å². The summed E-state index contributed by atoms with van der Waals surface area (Å²) in [5, 5.41) is 2.80. The summed E-state index contributed by atoms with van der Waals surface area (Å²) in [5.74, 6) is -0.0664. The van der Waals surface area contributed by atoms with Gasteiger partial charge in [0.15, 0.2) is 0 Å². The zero-order chi connectivity index (χ0) is 17.8. The molecule has 0 aliphatic carbocycles. The molecule has 1 fully saturated rings. The molecular weight excluding hydrogens is 320 g/mol. The number of aromatic amines is 2. The van der Waals surface area contributed by atoms with Gasteiger partial charge in [0.2, 0.25) is 0 Å². The van der Waals surface area contributed by atoms with Crippen LogP contribution in [-0.2, 0) is 6.54 Å². The molecule has 132 valence electrons. The highest BCUT2D eigenvalue weighted by Crippen LogP contribution is 2.18. The second-order valence-electron chi connectivity index (χ2n) is 6.59. The molecule has 1 aromatic heterocycles. The maximum absolute atomic E-state index is 12.1. The van der Waals surface area contributed by atoms with Crippen LogP contribution in [0.5, 0.6) is 0 Å². The smallest absolute Gasteiger partial charge is 0.326 e. The van der Waals surface area contributed by atoms with E-state index in [0.29, 0.717) is 12.5 Å². The van der Waals surface area contributed by atoms with Crippen molar-refractivity contribution in [3.05, 3.63) is 68.0 Å². The molecule has 25 heavy (non-hydrogen) atoms. The Morgan fingerprint density at radius 3 is 2.72 bits per heavy atom. The molecule has 1 aliphatic heterocycles. The minimum absolute atomic E-state index is 0.0109. The van der Waals surface area contributed by atoms with Gasteiger partial charge >= 0.3 is 5.69 Å². The van der Waals surface area contributed by atoms with Crippen molar-refractivity contribution in [3.8, 4) is 0 Å². The van der Waals surface area contributed by atoms with E-state index in [1.807, 2.05) is 4.98 Å². The maximum Gasteiger partial charge on any atom is 0.326 e. The summed E-state index contributed by atoms with van der Waals surface area (Å²) in [6.07, 6.45) is 1.01. The predicted molar refractivity (Wildman–Crippen MR) is 94.6 cm³/mol. The van der Waals surface area contributed by atoms with Gasteiger partial charge < -0.3 is 10.3 Å². The Kier molecular flexibility index (Phi) is 5.14. The Morgan fingerprint density at radius 1 is 1.24 bits per heavy atom. The summed E-state index contributed by atoms with van der Waals surface area (Å²) in [7, 11) is 0. The lowest BCUT2D eigenvalue weighted by atomic mass is 10.1. The summed E-state index contributed by atoms with van der Waals surface area (Å²) >= 11 is 0. The van der Waals surface area contributed by atoms with E-state index < -0.39 is 17.2 Å². The minimum Gasteiger partial charge on any atom is -0.350 e. The van der Waals surface area contributed by atoms with Gasteiger partial charge in [-0.3, -0.25) is 19.5 Å². The van der Waals surface area contributed by atoms with Gasteiger partial charge in [0.05, 0.1) is 0 Å². The molecule has 1 amide bonds. The molecule has 1 saturated heterocycles. The normalized spacial score (nSPS) is 17.6. The van der Waals surface area contributed by atoms with Crippen LogP contribution in [0.4, 0.5) is 0 Å². The Morgan fingerprint density at radius 2 is 2.00 bits per heavy atom. The van der Waals surface area contributed by atoms with Gasteiger partial charge in [-0.2, -0.15) is 0 Å². The van der Waals surface area contributed by atoms with Gasteiger partial charge in [-0.15, -0.1) is 0 Å². The monoisotopic (exact) mass is 342 g/mol. The van der Waals surface area contributed by atoms with Crippen LogP contribution in [0.15, 0.2) is 39.9 Å². The first-order chi connectivity index (χ1) is 12.0. The molecule has 0 saturated carbocycles. The van der Waals surface area contributed by atoms with Crippen LogP contribution in [0.2, 0.25) is 0 Å². The predicted octanol–water partition coefficient (Wildman–Crippen LogP) is 0.624. The van der Waals surface area contributed by atoms with Crippen LogP contribution in [0, 0.1) is 12.8 Å². The molecule has 7 heteroatoms. The summed E-state index contributed by atoms with van der Waals surface area (Å²) in [6.45, 7) is 5.42. The molecule has 1 aromatic carbocycles. The number of hydrogen-bond acceptors (Lipinski definition) is 4. The lowest BCUT2D eigenvalue weighted by Crippen LogP contribution is -2.34. The van der Waals surface area contributed by atoms with E-state index in [9.17, 15) is 14.4 Å². The van der Waals surface area contributed by atoms with Gasteiger partial charge in [0, 0.05) is 25.7 Å². The zero-order valence-corrected chi connectivity index (χ0v) is 14.2. The Labute approximate surface area is 145 Å². The average molecular weight is 342 g/mol. The highest BCUT2D eigenvalue weighted by atomic mass is 16.2. The van der Waals surface area contributed by atoms with Gasteiger partial charge in [-0.05, 0) is 31.4 Å². The number of H-pyrrole nitrogens is 2. The Balaban J connectivity index is 1.49. The first-order valence-electron chi connectivity index (χ1n) is 8.39. The van der Waals surface area contributed by atoms with Crippen LogP contribution in [0.3, 0.4) is 0 Å². The van der Waals surface area contributed by atoms with Crippen molar-refractivity contribution < 1.29 is 4.79 Å². The maximum atomic E-state index is 12.1. The highest BCUT2D eigenvalue weighted by molar-refractivity contribution is 5.91. The fourth-order valence-corrected chi connectivity index (χ4v) is 3.10. The lowest BCUT2D eigenvalue weighted by molar-refractivity contribution is 0.0941. The fraction of sp³-hybridized carbons (Fsp3) is 0.389. The van der Waals surface area contributed by atoms with E-state index in [2.05, 4.69) is 46.4 Å². The van der Waals surface area contributed by atoms with E-state index >= 15 is 0 Å². The lowest BCUT2D eigenvalue weighted by Gasteiger charge is -2.16. The van der Waals surface area contributed by atoms with Crippen molar-refractivity contribution in [2.75, 3.05) is 19.6 Å². The number of rotatable bonds is 5. The van der Waals surface area contributed by atoms with Crippen LogP contribution < -0.4 is 16.6 Å². The zero-order valence-electron chi connectivity index (χ0n) is 14.2. The molecular formula is C18H22N4O3. The molecule has 1 atom stereocenters. The molecule has 2 aromatic rings. The SMILES string of the molecule is Cc1ccc(CN2CCC(CNC(=O)c3cc(=O)[nH]c(=O)[nH]3)C2)cc1. The number of benzene rings is 1. The third-order valence-electron chi connectivity index (χ3n) is 4.45. The molecule has 0 bridgehead atoms. The number of amides is 1. The molecule has 1 aliphatic rings. The van der Waals surface area contributed by atoms with Crippen LogP contribution in [0.25, 0.3) is 0 Å². The van der Waals surface area contributed by atoms with Crippen LogP contribution >= 0.6 is 0 Å². The number of aryl methyl sites for hydroxylation is 1. The van der Waals surface area contributed by atoms with Crippen LogP contribution in [-0.4, -0.2) is 40.4 Å². The first-order valence-corrected chi connectivity index (χ1v) is 8.39. The summed E-state index contributed by atoms with van der Waals surface area (Å²) < 4.78 is 0. The topological polar surface area (TPSA) is 98.1 Å². The number of nitrogens with zero attached hydrogens (tertiary/aromatic N) is 1. The van der Waals surface area contributed by atoms with Gasteiger partial charge in [-0.1, -0.05) is 29.8 Å². The number of hydrogen-bond donors (Lipinski definition) is 3. The summed E-state index contributed by atoms with van der Waals surface area (Å²) in [6, 6.07) is 9.62. The molecule has 3 rings (SSSR count). The van der Waals surface area contributed by atoms with Crippen molar-refractivity contribution in [3.63, 3.8) is 0 Å². The van der Waals surface area contributed by atoms with Crippen molar-refractivity contribution in [2.24, 2.45) is 5.92 Å². The number of nitrogens with one attached hydrogen (secondary N) is 3. The number of carbonyl (C=O) groups excluding carboxylic acids is 1. The first kappa shape index (κ1) is 17.2. The second kappa shape index (κ2) is 7.48. The Hall–Kier alpha value is -2.67. The van der Waals surface area contributed by atoms with E-state index in [1.54, 1.807) is 0 Å². The van der Waals surface area contributed by atoms with Crippen molar-refractivity contribution in [2.45, 2.75) is 19.9 Å². The van der Waals surface area contributed by atoms with Crippen molar-refractivity contribution in [1.29, 1.82) is 0 Å². The largest absolute Gasteiger partial charge is 0.350 e. The summed E-state index contributed by atoms with van der Waals surface area (Å²) in [5.41, 5.74) is 1.27. The van der Waals surface area contributed by atoms with E-state index in [1.165, 1.54) is 11.1 Å². The molecule has 1 unspecified atom stereocenters. The Bertz CT molecular complexity index is 825. The quantitative estimate of drug-likeness (QED) is 0.742. The second-order valence-corrected chi connectivity index (χ2v) is 6.59. The minimum atomic E-state index is -0.678. The van der Waals surface area contributed by atoms with Gasteiger partial charge in [0.1, 0.15) is 5.69 Å². The molecule has 2 heterocycles. The van der Waals surface area contributed by atoms with Gasteiger partial charge in [0.25, 0.3) is 11.5 Å². The van der Waals surface area contributed by atoms with Crippen molar-refractivity contribution >= 4 is 5.91 Å². The van der Waals surface area contributed by atoms with Gasteiger partial charge in [-0.25, -0.2) is 4.79 Å². The van der Waals surface area contributed by atoms with Crippen molar-refractivity contribution in [1.82, 2.24) is 20.2 Å². The molecule has 0 spiro atoms. The number of likely N-dealkylation sites (tertiary alicyclic amines) is 1. The standard InChI is InChI=1S/C18H22N4O3/c1-12-2-4-13(5-3-12)10-22-7-6-14(11-22)9-19-17(24)15-8-16(23)21-18(25)20-15/h2-5,8,14H,6-7,9-11H2,1H3,(H,19,24)(H2,20,21,23,25). The third kappa shape index (κ3) is 4.67. The van der Waals surface area contributed by atoms with E-state index in [4.69, 9.17) is 0 Å². The molecule has 3 N–H and O–H groups in total. The molecule has 7 nitrogen and oxygen atoms in total. The average Bonchev–Trinajstić information content (AvgIpc) is 3.01. The molecule has 0 radical (unpaired) electrons. The number of carbonyl (C=O) groups is 1. The van der Waals surface area contributed by atoms with E-state index in [-0.39, 0.29) is 5.69 Å².